The average molecular weight is 1030 g/mol. The van der Waals surface area contributed by atoms with Crippen molar-refractivity contribution in [3.8, 4) is 29.1 Å². The van der Waals surface area contributed by atoms with Gasteiger partial charge < -0.3 is 31.2 Å². The molecule has 0 aliphatic heterocycles. The Morgan fingerprint density at radius 2 is 1.14 bits per heavy atom. The first-order valence-electron chi connectivity index (χ1n) is 21.2. The topological polar surface area (TPSA) is 219 Å². The molecule has 5 N–H and O–H groups in total. The number of rotatable bonds is 10. The van der Waals surface area contributed by atoms with Crippen LogP contribution in [0.1, 0.15) is 32.9 Å². The fourth-order valence-corrected chi connectivity index (χ4v) is 6.40. The summed E-state index contributed by atoms with van der Waals surface area (Å²) < 4.78 is 127. The number of amides is 1. The molecule has 74 heavy (non-hydrogen) atoms. The van der Waals surface area contributed by atoms with Crippen molar-refractivity contribution in [2.24, 2.45) is 0 Å². The molecule has 6 heterocycles. The van der Waals surface area contributed by atoms with Gasteiger partial charge in [-0.25, -0.2) is 4.98 Å². The standard InChI is InChI=1S/C18H14F3N5O2.C18H12F3N5.C12H11F3N4O/c1-28-16-8-7-15(25-26-16)23-12-6-5-11(18(19,20)21)10-14(12)24-17(27)13-4-2-3-9-22-13;1-11-5-8-16(25-24-11)26-15-7-6-12(18(19,20)21)10-14(15)23-17(26)13-4-2-3-9-22-13;1-20-11-5-4-10(18-19-11)17-9-3-2-7(6-8(9)16)12(13,14)15/h2-10H,1H3,(H,23,25)(H,24,27);2-10H,1H3;2-6H,16H2,1H3,(H,17,18). The van der Waals surface area contributed by atoms with E-state index in [0.29, 0.717) is 40.2 Å². The highest BCUT2D eigenvalue weighted by Crippen LogP contribution is 2.37. The summed E-state index contributed by atoms with van der Waals surface area (Å²) in [5.41, 5.74) is 5.57. The third kappa shape index (κ3) is 13.3. The van der Waals surface area contributed by atoms with E-state index >= 15 is 0 Å². The van der Waals surface area contributed by atoms with Crippen molar-refractivity contribution in [1.29, 1.82) is 0 Å². The van der Waals surface area contributed by atoms with Crippen molar-refractivity contribution in [1.82, 2.24) is 50.1 Å². The molecule has 26 heteroatoms. The quantitative estimate of drug-likeness (QED) is 0.0740. The van der Waals surface area contributed by atoms with Crippen molar-refractivity contribution >= 4 is 51.3 Å². The lowest BCUT2D eigenvalue weighted by molar-refractivity contribution is -0.138. The zero-order valence-corrected chi connectivity index (χ0v) is 38.5. The zero-order chi connectivity index (χ0) is 53.2. The van der Waals surface area contributed by atoms with E-state index in [9.17, 15) is 44.3 Å². The number of carbonyl (C=O) groups excluding carboxylic acids is 1. The highest BCUT2D eigenvalue weighted by atomic mass is 19.4. The number of alkyl halides is 9. The number of nitrogens with two attached hydrogens (primary N) is 1. The summed E-state index contributed by atoms with van der Waals surface area (Å²) in [5.74, 6) is 1.42. The van der Waals surface area contributed by atoms with E-state index in [4.69, 9.17) is 15.2 Å². The molecule has 0 radical (unpaired) electrons. The van der Waals surface area contributed by atoms with Gasteiger partial charge in [-0.15, -0.1) is 25.5 Å². The number of aryl methyl sites for hydroxylation is 1. The number of hydrogen-bond donors (Lipinski definition) is 4. The van der Waals surface area contributed by atoms with Gasteiger partial charge in [0.15, 0.2) is 23.3 Å². The van der Waals surface area contributed by atoms with Crippen LogP contribution in [0, 0.1) is 6.92 Å². The second-order valence-electron chi connectivity index (χ2n) is 15.1. The van der Waals surface area contributed by atoms with Gasteiger partial charge in [0.05, 0.1) is 70.4 Å². The van der Waals surface area contributed by atoms with Crippen molar-refractivity contribution < 1.29 is 53.8 Å². The first-order valence-corrected chi connectivity index (χ1v) is 21.2. The Morgan fingerprint density at radius 1 is 0.568 bits per heavy atom. The summed E-state index contributed by atoms with van der Waals surface area (Å²) >= 11 is 0. The molecule has 9 rings (SSSR count). The summed E-state index contributed by atoms with van der Waals surface area (Å²) in [6.07, 6.45) is -10.4. The van der Waals surface area contributed by atoms with Gasteiger partial charge in [-0.1, -0.05) is 12.1 Å². The van der Waals surface area contributed by atoms with Crippen molar-refractivity contribution in [3.63, 3.8) is 0 Å². The minimum Gasteiger partial charge on any atom is -0.480 e. The molecule has 0 aliphatic carbocycles. The molecule has 0 saturated carbocycles. The SMILES string of the molecule is COc1ccc(Nc2ccc(C(F)(F)F)cc2N)nn1.COc1ccc(Nc2ccc(C(F)(F)F)cc2NC(=O)c2ccccn2)nn1.Cc1ccc(-n2c(-c3ccccn3)nc3cc(C(F)(F)F)ccc32)nn1. The molecule has 0 fully saturated rings. The van der Waals surface area contributed by atoms with Crippen LogP contribution in [0.3, 0.4) is 0 Å². The summed E-state index contributed by atoms with van der Waals surface area (Å²) in [4.78, 5) is 24.9. The monoisotopic (exact) mass is 1030 g/mol. The van der Waals surface area contributed by atoms with Crippen molar-refractivity contribution in [2.75, 3.05) is 35.9 Å². The van der Waals surface area contributed by atoms with Gasteiger partial charge in [0.2, 0.25) is 11.8 Å². The van der Waals surface area contributed by atoms with Gasteiger partial charge in [-0.05, 0) is 110 Å². The van der Waals surface area contributed by atoms with Crippen molar-refractivity contribution in [3.05, 3.63) is 168 Å². The van der Waals surface area contributed by atoms with Gasteiger partial charge in [-0.3, -0.25) is 19.3 Å². The maximum absolute atomic E-state index is 13.1. The number of carbonyl (C=O) groups is 1. The molecule has 0 atom stereocenters. The van der Waals surface area contributed by atoms with E-state index < -0.39 is 41.1 Å². The van der Waals surface area contributed by atoms with Gasteiger partial charge in [0, 0.05) is 24.5 Å². The minimum atomic E-state index is -4.57. The van der Waals surface area contributed by atoms with Crippen LogP contribution in [0.15, 0.2) is 140 Å². The van der Waals surface area contributed by atoms with Crippen molar-refractivity contribution in [2.45, 2.75) is 25.5 Å². The molecule has 0 bridgehead atoms. The summed E-state index contributed by atoms with van der Waals surface area (Å²) in [5, 5.41) is 31.4. The number of halogens is 9. The predicted molar refractivity (Wildman–Crippen MR) is 253 cm³/mol. The number of fused-ring (bicyclic) bond motifs is 1. The summed E-state index contributed by atoms with van der Waals surface area (Å²) in [7, 11) is 2.88. The number of benzene rings is 3. The molecule has 17 nitrogen and oxygen atoms in total. The Bertz CT molecular complexity index is 3330. The molecular weight excluding hydrogens is 992 g/mol. The molecule has 3 aromatic carbocycles. The fraction of sp³-hybridized carbons (Fsp3) is 0.125. The highest BCUT2D eigenvalue weighted by molar-refractivity contribution is 6.05. The number of pyridine rings is 2. The summed E-state index contributed by atoms with van der Waals surface area (Å²) in [6, 6.07) is 29.1. The molecule has 0 spiro atoms. The average Bonchev–Trinajstić information content (AvgIpc) is 3.77. The van der Waals surface area contributed by atoms with E-state index in [1.165, 1.54) is 56.8 Å². The fourth-order valence-electron chi connectivity index (χ4n) is 6.40. The lowest BCUT2D eigenvalue weighted by atomic mass is 10.1. The molecular formula is C48H37F9N14O3. The Kier molecular flexibility index (Phi) is 15.8. The lowest BCUT2D eigenvalue weighted by Crippen LogP contribution is -2.16. The number of nitrogens with zero attached hydrogens (tertiary/aromatic N) is 10. The zero-order valence-electron chi connectivity index (χ0n) is 38.5. The number of hydrogen-bond acceptors (Lipinski definition) is 15. The highest BCUT2D eigenvalue weighted by Gasteiger charge is 2.33. The number of anilines is 6. The molecule has 9 aromatic rings. The number of imidazole rings is 1. The molecule has 1 amide bonds. The Labute approximate surface area is 412 Å². The second-order valence-corrected chi connectivity index (χ2v) is 15.1. The van der Waals surface area contributed by atoms with Gasteiger partial charge >= 0.3 is 18.5 Å². The molecule has 0 saturated heterocycles. The van der Waals surface area contributed by atoms with Crippen LogP contribution in [0.4, 0.5) is 73.9 Å². The maximum Gasteiger partial charge on any atom is 0.416 e. The predicted octanol–water partition coefficient (Wildman–Crippen LogP) is 10.9. The van der Waals surface area contributed by atoms with Crippen LogP contribution in [0.5, 0.6) is 11.8 Å². The normalized spacial score (nSPS) is 11.4. The second kappa shape index (κ2) is 22.3. The first-order chi connectivity index (χ1) is 35.2. The van der Waals surface area contributed by atoms with E-state index in [2.05, 4.69) is 61.5 Å². The molecule has 0 unspecified atom stereocenters. The number of aromatic nitrogens is 10. The third-order valence-electron chi connectivity index (χ3n) is 9.98. The molecule has 380 valence electrons. The maximum atomic E-state index is 13.1. The van der Waals surface area contributed by atoms with Crippen LogP contribution >= 0.6 is 0 Å². The Hall–Kier alpha value is -9.49. The van der Waals surface area contributed by atoms with Crippen LogP contribution in [0.2, 0.25) is 0 Å². The largest absolute Gasteiger partial charge is 0.480 e. The van der Waals surface area contributed by atoms with Crippen LogP contribution in [0.25, 0.3) is 28.4 Å². The number of ether oxygens (including phenoxy) is 2. The van der Waals surface area contributed by atoms with Crippen LogP contribution in [-0.2, 0) is 18.5 Å². The molecule has 0 aliphatic rings. The van der Waals surface area contributed by atoms with E-state index in [1.54, 1.807) is 72.3 Å². The minimum absolute atomic E-state index is 0.0301. The van der Waals surface area contributed by atoms with Crippen LogP contribution < -0.4 is 31.2 Å². The summed E-state index contributed by atoms with van der Waals surface area (Å²) in [6.45, 7) is 1.80. The Balaban J connectivity index is 0.000000165. The van der Waals surface area contributed by atoms with Gasteiger partial charge in [-0.2, -0.15) is 44.6 Å². The van der Waals surface area contributed by atoms with Gasteiger partial charge in [0.25, 0.3) is 5.91 Å². The smallest absolute Gasteiger partial charge is 0.416 e. The number of nitrogens with one attached hydrogen (secondary N) is 3. The Morgan fingerprint density at radius 3 is 1.65 bits per heavy atom. The number of nitrogen functional groups attached to an aromatic ring is 1. The van der Waals surface area contributed by atoms with Crippen LogP contribution in [-0.4, -0.2) is 70.2 Å². The lowest BCUT2D eigenvalue weighted by Gasteiger charge is -2.15. The first kappa shape index (κ1) is 52.3. The van der Waals surface area contributed by atoms with E-state index in [-0.39, 0.29) is 40.0 Å². The van der Waals surface area contributed by atoms with Gasteiger partial charge in [0.1, 0.15) is 11.4 Å². The van der Waals surface area contributed by atoms with E-state index in [0.717, 1.165) is 42.1 Å². The van der Waals surface area contributed by atoms with E-state index in [1.807, 2.05) is 0 Å². The molecule has 6 aromatic heterocycles. The third-order valence-corrected chi connectivity index (χ3v) is 9.98. The number of methoxy groups -OCH3 is 2.